The maximum absolute atomic E-state index is 12.4. The van der Waals surface area contributed by atoms with Gasteiger partial charge in [-0.3, -0.25) is 14.4 Å². The lowest BCUT2D eigenvalue weighted by molar-refractivity contribution is -0.117. The number of aryl methyl sites for hydroxylation is 3. The Morgan fingerprint density at radius 3 is 2.83 bits per heavy atom. The molecule has 0 bridgehead atoms. The van der Waals surface area contributed by atoms with Crippen LogP contribution in [0.5, 0.6) is 0 Å². The maximum Gasteiger partial charge on any atom is 0.238 e. The highest BCUT2D eigenvalue weighted by molar-refractivity contribution is 5.93. The van der Waals surface area contributed by atoms with Gasteiger partial charge in [0.25, 0.3) is 0 Å². The summed E-state index contributed by atoms with van der Waals surface area (Å²) in [5, 5.41) is 7.35. The van der Waals surface area contributed by atoms with Crippen molar-refractivity contribution < 1.29 is 4.79 Å². The summed E-state index contributed by atoms with van der Waals surface area (Å²) in [4.78, 5) is 14.6. The Hall–Kier alpha value is -2.14. The molecule has 1 aromatic carbocycles. The average molecular weight is 312 g/mol. The van der Waals surface area contributed by atoms with Gasteiger partial charge in [0.1, 0.15) is 0 Å². The second kappa shape index (κ2) is 6.16. The van der Waals surface area contributed by atoms with E-state index in [9.17, 15) is 4.79 Å². The van der Waals surface area contributed by atoms with Crippen LogP contribution < -0.4 is 5.32 Å². The molecule has 1 aliphatic carbocycles. The molecule has 0 spiro atoms. The van der Waals surface area contributed by atoms with Crippen LogP contribution in [0.25, 0.3) is 0 Å². The lowest BCUT2D eigenvalue weighted by atomic mass is 10.1. The van der Waals surface area contributed by atoms with Crippen LogP contribution >= 0.6 is 0 Å². The Balaban J connectivity index is 1.67. The molecule has 122 valence electrons. The predicted molar refractivity (Wildman–Crippen MR) is 91.4 cm³/mol. The number of nitrogens with zero attached hydrogens (tertiary/aromatic N) is 3. The lowest BCUT2D eigenvalue weighted by Gasteiger charge is -2.24. The van der Waals surface area contributed by atoms with Crippen molar-refractivity contribution in [3.05, 3.63) is 46.8 Å². The fraction of sp³-hybridized carbons (Fsp3) is 0.444. The first-order valence-corrected chi connectivity index (χ1v) is 8.05. The van der Waals surface area contributed by atoms with Gasteiger partial charge in [-0.05, 0) is 44.9 Å². The number of carbonyl (C=O) groups excluding carboxylic acids is 1. The number of carbonyl (C=O) groups is 1. The molecule has 5 nitrogen and oxygen atoms in total. The molecular formula is C18H24N4O. The van der Waals surface area contributed by atoms with Crippen LogP contribution in [0.15, 0.2) is 24.3 Å². The predicted octanol–water partition coefficient (Wildman–Crippen LogP) is 2.59. The molecule has 1 atom stereocenters. The van der Waals surface area contributed by atoms with Crippen LogP contribution in [0.1, 0.15) is 35.0 Å². The molecule has 2 aromatic rings. The number of anilines is 1. The molecule has 1 aromatic heterocycles. The van der Waals surface area contributed by atoms with Gasteiger partial charge >= 0.3 is 0 Å². The molecule has 1 aliphatic rings. The topological polar surface area (TPSA) is 50.2 Å². The van der Waals surface area contributed by atoms with Crippen molar-refractivity contribution in [1.82, 2.24) is 14.7 Å². The van der Waals surface area contributed by atoms with Crippen LogP contribution in [0.4, 0.5) is 5.69 Å². The van der Waals surface area contributed by atoms with Gasteiger partial charge < -0.3 is 5.32 Å². The van der Waals surface area contributed by atoms with E-state index in [1.54, 1.807) is 4.68 Å². The first-order valence-electron chi connectivity index (χ1n) is 8.05. The van der Waals surface area contributed by atoms with Crippen LogP contribution in [-0.2, 0) is 18.3 Å². The molecular weight excluding hydrogens is 288 g/mol. The van der Waals surface area contributed by atoms with Gasteiger partial charge in [-0.1, -0.05) is 24.3 Å². The highest BCUT2D eigenvalue weighted by atomic mass is 16.2. The normalized spacial score (nSPS) is 16.7. The molecule has 1 amide bonds. The number of hydrogen-bond donors (Lipinski definition) is 1. The maximum atomic E-state index is 12.4. The summed E-state index contributed by atoms with van der Waals surface area (Å²) in [6.45, 7) is 4.26. The Labute approximate surface area is 137 Å². The van der Waals surface area contributed by atoms with E-state index in [0.717, 1.165) is 29.9 Å². The second-order valence-electron chi connectivity index (χ2n) is 6.39. The second-order valence-corrected chi connectivity index (χ2v) is 6.39. The van der Waals surface area contributed by atoms with Crippen molar-refractivity contribution in [2.24, 2.45) is 7.05 Å². The summed E-state index contributed by atoms with van der Waals surface area (Å²) in [5.41, 5.74) is 5.43. The molecule has 0 unspecified atom stereocenters. The summed E-state index contributed by atoms with van der Waals surface area (Å²) < 4.78 is 1.79. The molecule has 1 N–H and O–H groups in total. The number of fused-ring (bicyclic) bond motifs is 1. The number of likely N-dealkylation sites (N-methyl/N-ethyl adjacent to an activating group) is 1. The third-order valence-electron chi connectivity index (χ3n) is 4.80. The molecule has 0 saturated heterocycles. The largest absolute Gasteiger partial charge is 0.322 e. The van der Waals surface area contributed by atoms with E-state index in [2.05, 4.69) is 39.6 Å². The number of benzene rings is 1. The fourth-order valence-electron chi connectivity index (χ4n) is 3.46. The Morgan fingerprint density at radius 2 is 2.13 bits per heavy atom. The molecule has 0 radical (unpaired) electrons. The third kappa shape index (κ3) is 3.01. The molecule has 5 heteroatoms. The van der Waals surface area contributed by atoms with E-state index in [4.69, 9.17) is 0 Å². The lowest BCUT2D eigenvalue weighted by Crippen LogP contribution is -2.32. The zero-order chi connectivity index (χ0) is 16.6. The zero-order valence-corrected chi connectivity index (χ0v) is 14.3. The van der Waals surface area contributed by atoms with Gasteiger partial charge in [0, 0.05) is 13.1 Å². The number of nitrogens with one attached hydrogen (secondary N) is 1. The van der Waals surface area contributed by atoms with Gasteiger partial charge in [-0.25, -0.2) is 0 Å². The number of rotatable bonds is 4. The SMILES string of the molecule is Cc1nn(C)c(C)c1NC(=O)CN(C)[C@@H]1CCc2ccccc21. The molecule has 3 rings (SSSR count). The number of aromatic nitrogens is 2. The summed E-state index contributed by atoms with van der Waals surface area (Å²) in [6.07, 6.45) is 2.17. The van der Waals surface area contributed by atoms with Crippen molar-refractivity contribution in [1.29, 1.82) is 0 Å². The van der Waals surface area contributed by atoms with Crippen molar-refractivity contribution in [3.8, 4) is 0 Å². The summed E-state index contributed by atoms with van der Waals surface area (Å²) in [7, 11) is 3.91. The van der Waals surface area contributed by atoms with Gasteiger partial charge in [0.15, 0.2) is 0 Å². The molecule has 1 heterocycles. The Morgan fingerprint density at radius 1 is 1.39 bits per heavy atom. The summed E-state index contributed by atoms with van der Waals surface area (Å²) >= 11 is 0. The van der Waals surface area contributed by atoms with E-state index in [1.807, 2.05) is 27.9 Å². The van der Waals surface area contributed by atoms with Gasteiger partial charge in [0.05, 0.1) is 23.6 Å². The Bertz CT molecular complexity index is 735. The number of hydrogen-bond acceptors (Lipinski definition) is 3. The van der Waals surface area contributed by atoms with Crippen LogP contribution in [-0.4, -0.2) is 34.2 Å². The van der Waals surface area contributed by atoms with Crippen LogP contribution in [0.3, 0.4) is 0 Å². The third-order valence-corrected chi connectivity index (χ3v) is 4.80. The summed E-state index contributed by atoms with van der Waals surface area (Å²) in [5.74, 6) is 0.0103. The van der Waals surface area contributed by atoms with E-state index >= 15 is 0 Å². The minimum Gasteiger partial charge on any atom is -0.322 e. The number of amides is 1. The van der Waals surface area contributed by atoms with E-state index in [1.165, 1.54) is 11.1 Å². The fourth-order valence-corrected chi connectivity index (χ4v) is 3.46. The molecule has 0 fully saturated rings. The zero-order valence-electron chi connectivity index (χ0n) is 14.3. The minimum absolute atomic E-state index is 0.0103. The highest BCUT2D eigenvalue weighted by Crippen LogP contribution is 2.34. The van der Waals surface area contributed by atoms with Gasteiger partial charge in [0.2, 0.25) is 5.91 Å². The monoisotopic (exact) mass is 312 g/mol. The van der Waals surface area contributed by atoms with E-state index in [-0.39, 0.29) is 5.91 Å². The van der Waals surface area contributed by atoms with Crippen molar-refractivity contribution >= 4 is 11.6 Å². The average Bonchev–Trinajstić information content (AvgIpc) is 3.04. The smallest absolute Gasteiger partial charge is 0.238 e. The quantitative estimate of drug-likeness (QED) is 0.944. The van der Waals surface area contributed by atoms with Crippen LogP contribution in [0.2, 0.25) is 0 Å². The first kappa shape index (κ1) is 15.7. The Kier molecular flexibility index (Phi) is 4.22. The molecule has 23 heavy (non-hydrogen) atoms. The van der Waals surface area contributed by atoms with Crippen molar-refractivity contribution in [2.75, 3.05) is 18.9 Å². The standard InChI is InChI=1S/C18H24N4O/c1-12-18(13(2)22(4)20-12)19-17(23)11-21(3)16-10-9-14-7-5-6-8-15(14)16/h5-8,16H,9-11H2,1-4H3,(H,19,23)/t16-/m1/s1. The minimum atomic E-state index is 0.0103. The van der Waals surface area contributed by atoms with E-state index < -0.39 is 0 Å². The first-order chi connectivity index (χ1) is 11.0. The van der Waals surface area contributed by atoms with Crippen LogP contribution in [0, 0.1) is 13.8 Å². The highest BCUT2D eigenvalue weighted by Gasteiger charge is 2.26. The molecule has 0 saturated carbocycles. The molecule has 0 aliphatic heterocycles. The van der Waals surface area contributed by atoms with Crippen molar-refractivity contribution in [2.45, 2.75) is 32.7 Å². The van der Waals surface area contributed by atoms with Gasteiger partial charge in [-0.2, -0.15) is 5.10 Å². The van der Waals surface area contributed by atoms with Crippen molar-refractivity contribution in [3.63, 3.8) is 0 Å². The van der Waals surface area contributed by atoms with Gasteiger partial charge in [-0.15, -0.1) is 0 Å². The van der Waals surface area contributed by atoms with E-state index in [0.29, 0.717) is 12.6 Å². The summed E-state index contributed by atoms with van der Waals surface area (Å²) in [6, 6.07) is 8.85.